The Kier molecular flexibility index (Phi) is 7.80. The Morgan fingerprint density at radius 2 is 2.16 bits per heavy atom. The SMILES string of the molecule is CCC(CC)(CN)NC(=O)CSCC1CCCCO1. The maximum absolute atomic E-state index is 11.9. The van der Waals surface area contributed by atoms with E-state index in [1.54, 1.807) is 11.8 Å². The molecule has 0 aromatic heterocycles. The number of ether oxygens (including phenoxy) is 1. The Hall–Kier alpha value is -0.260. The number of amides is 1. The molecule has 4 nitrogen and oxygen atoms in total. The predicted octanol–water partition coefficient (Wildman–Crippen LogP) is 1.92. The summed E-state index contributed by atoms with van der Waals surface area (Å²) >= 11 is 1.66. The summed E-state index contributed by atoms with van der Waals surface area (Å²) in [5.41, 5.74) is 5.56. The molecule has 1 heterocycles. The van der Waals surface area contributed by atoms with Gasteiger partial charge in [-0.15, -0.1) is 11.8 Å². The van der Waals surface area contributed by atoms with Crippen LogP contribution in [-0.2, 0) is 9.53 Å². The Bertz CT molecular complexity index is 256. The number of nitrogens with one attached hydrogen (secondary N) is 1. The summed E-state index contributed by atoms with van der Waals surface area (Å²) in [6.45, 7) is 5.51. The summed E-state index contributed by atoms with van der Waals surface area (Å²) in [7, 11) is 0. The molecule has 3 N–H and O–H groups in total. The molecule has 0 saturated carbocycles. The van der Waals surface area contributed by atoms with E-state index in [1.807, 2.05) is 0 Å². The van der Waals surface area contributed by atoms with Gasteiger partial charge in [-0.3, -0.25) is 4.79 Å². The molecule has 1 aliphatic heterocycles. The maximum atomic E-state index is 11.9. The molecule has 1 amide bonds. The van der Waals surface area contributed by atoms with Crippen molar-refractivity contribution in [2.24, 2.45) is 5.73 Å². The topological polar surface area (TPSA) is 64.3 Å². The van der Waals surface area contributed by atoms with Crippen molar-refractivity contribution >= 4 is 17.7 Å². The van der Waals surface area contributed by atoms with Gasteiger partial charge in [0.05, 0.1) is 17.4 Å². The molecule has 1 fully saturated rings. The average molecular weight is 288 g/mol. The van der Waals surface area contributed by atoms with Crippen LogP contribution in [0.1, 0.15) is 46.0 Å². The van der Waals surface area contributed by atoms with E-state index in [2.05, 4.69) is 19.2 Å². The summed E-state index contributed by atoms with van der Waals surface area (Å²) in [5, 5.41) is 3.09. The minimum atomic E-state index is -0.223. The number of nitrogens with two attached hydrogens (primary N) is 1. The number of rotatable bonds is 8. The van der Waals surface area contributed by atoms with Crippen LogP contribution >= 0.6 is 11.8 Å². The normalized spacial score (nSPS) is 20.3. The molecule has 5 heteroatoms. The van der Waals surface area contributed by atoms with Crippen molar-refractivity contribution in [2.75, 3.05) is 24.7 Å². The quantitative estimate of drug-likeness (QED) is 0.716. The first-order valence-electron chi connectivity index (χ1n) is 7.36. The lowest BCUT2D eigenvalue weighted by molar-refractivity contribution is -0.120. The smallest absolute Gasteiger partial charge is 0.230 e. The summed E-state index contributed by atoms with van der Waals surface area (Å²) < 4.78 is 5.65. The van der Waals surface area contributed by atoms with E-state index < -0.39 is 0 Å². The maximum Gasteiger partial charge on any atom is 0.230 e. The Balaban J connectivity index is 2.23. The molecule has 1 atom stereocenters. The van der Waals surface area contributed by atoms with Crippen LogP contribution in [0.25, 0.3) is 0 Å². The largest absolute Gasteiger partial charge is 0.377 e. The summed E-state index contributed by atoms with van der Waals surface area (Å²) in [4.78, 5) is 11.9. The van der Waals surface area contributed by atoms with Gasteiger partial charge >= 0.3 is 0 Å². The van der Waals surface area contributed by atoms with Gasteiger partial charge in [0.15, 0.2) is 0 Å². The summed E-state index contributed by atoms with van der Waals surface area (Å²) in [5.74, 6) is 1.51. The lowest BCUT2D eigenvalue weighted by Crippen LogP contribution is -2.53. The molecular formula is C14H28N2O2S. The van der Waals surface area contributed by atoms with E-state index in [-0.39, 0.29) is 11.4 Å². The van der Waals surface area contributed by atoms with Crippen LogP contribution in [0.3, 0.4) is 0 Å². The third kappa shape index (κ3) is 5.71. The lowest BCUT2D eigenvalue weighted by Gasteiger charge is -2.31. The second-order valence-corrected chi connectivity index (χ2v) is 6.27. The highest BCUT2D eigenvalue weighted by Gasteiger charge is 2.26. The van der Waals surface area contributed by atoms with Crippen LogP contribution in [0, 0.1) is 0 Å². The fourth-order valence-corrected chi connectivity index (χ4v) is 3.22. The molecule has 0 bridgehead atoms. The minimum Gasteiger partial charge on any atom is -0.377 e. The number of hydrogen-bond acceptors (Lipinski definition) is 4. The van der Waals surface area contributed by atoms with E-state index in [0.29, 0.717) is 18.4 Å². The molecular weight excluding hydrogens is 260 g/mol. The highest BCUT2D eigenvalue weighted by molar-refractivity contribution is 7.99. The fraction of sp³-hybridized carbons (Fsp3) is 0.929. The van der Waals surface area contributed by atoms with Gasteiger partial charge in [-0.05, 0) is 32.1 Å². The number of carbonyl (C=O) groups is 1. The van der Waals surface area contributed by atoms with Crippen LogP contribution in [0.15, 0.2) is 0 Å². The molecule has 1 aliphatic rings. The molecule has 0 aromatic carbocycles. The lowest BCUT2D eigenvalue weighted by atomic mass is 9.93. The van der Waals surface area contributed by atoms with Crippen LogP contribution in [0.2, 0.25) is 0 Å². The molecule has 0 aromatic rings. The van der Waals surface area contributed by atoms with Gasteiger partial charge in [0.25, 0.3) is 0 Å². The van der Waals surface area contributed by atoms with Crippen LogP contribution in [-0.4, -0.2) is 42.2 Å². The van der Waals surface area contributed by atoms with Crippen LogP contribution in [0.5, 0.6) is 0 Å². The summed E-state index contributed by atoms with van der Waals surface area (Å²) in [6.07, 6.45) is 5.64. The van der Waals surface area contributed by atoms with E-state index in [0.717, 1.165) is 31.6 Å². The number of hydrogen-bond donors (Lipinski definition) is 2. The predicted molar refractivity (Wildman–Crippen MR) is 81.4 cm³/mol. The van der Waals surface area contributed by atoms with Gasteiger partial charge in [-0.25, -0.2) is 0 Å². The van der Waals surface area contributed by atoms with Crippen molar-refractivity contribution < 1.29 is 9.53 Å². The molecule has 0 spiro atoms. The van der Waals surface area contributed by atoms with Crippen molar-refractivity contribution in [1.29, 1.82) is 0 Å². The monoisotopic (exact) mass is 288 g/mol. The number of carbonyl (C=O) groups excluding carboxylic acids is 1. The number of thioether (sulfide) groups is 1. The van der Waals surface area contributed by atoms with E-state index in [1.165, 1.54) is 12.8 Å². The minimum absolute atomic E-state index is 0.0926. The van der Waals surface area contributed by atoms with E-state index in [4.69, 9.17) is 10.5 Å². The fourth-order valence-electron chi connectivity index (χ4n) is 2.32. The van der Waals surface area contributed by atoms with Gasteiger partial charge in [-0.2, -0.15) is 0 Å². The van der Waals surface area contributed by atoms with Crippen LogP contribution in [0.4, 0.5) is 0 Å². The van der Waals surface area contributed by atoms with Gasteiger partial charge in [-0.1, -0.05) is 13.8 Å². The standard InChI is InChI=1S/C14H28N2O2S/c1-3-14(4-2,11-15)16-13(17)10-19-9-12-7-5-6-8-18-12/h12H,3-11,15H2,1-2H3,(H,16,17). The first-order valence-corrected chi connectivity index (χ1v) is 8.51. The van der Waals surface area contributed by atoms with E-state index in [9.17, 15) is 4.79 Å². The zero-order chi connectivity index (χ0) is 14.1. The van der Waals surface area contributed by atoms with Gasteiger partial charge in [0.2, 0.25) is 5.91 Å². The van der Waals surface area contributed by atoms with E-state index >= 15 is 0 Å². The second kappa shape index (κ2) is 8.82. The van der Waals surface area contributed by atoms with Gasteiger partial charge in [0.1, 0.15) is 0 Å². The highest BCUT2D eigenvalue weighted by atomic mass is 32.2. The molecule has 112 valence electrons. The molecule has 1 unspecified atom stereocenters. The average Bonchev–Trinajstić information content (AvgIpc) is 2.46. The molecule has 1 saturated heterocycles. The first kappa shape index (κ1) is 16.8. The highest BCUT2D eigenvalue weighted by Crippen LogP contribution is 2.18. The van der Waals surface area contributed by atoms with Crippen molar-refractivity contribution in [1.82, 2.24) is 5.32 Å². The van der Waals surface area contributed by atoms with Crippen molar-refractivity contribution in [3.8, 4) is 0 Å². The Morgan fingerprint density at radius 3 is 2.68 bits per heavy atom. The molecule has 0 radical (unpaired) electrons. The van der Waals surface area contributed by atoms with Crippen LogP contribution < -0.4 is 11.1 Å². The molecule has 0 aliphatic carbocycles. The second-order valence-electron chi connectivity index (χ2n) is 5.24. The van der Waals surface area contributed by atoms with Gasteiger partial charge in [0, 0.05) is 18.9 Å². The molecule has 1 rings (SSSR count). The van der Waals surface area contributed by atoms with Crippen molar-refractivity contribution in [2.45, 2.75) is 57.6 Å². The Morgan fingerprint density at radius 1 is 1.42 bits per heavy atom. The van der Waals surface area contributed by atoms with Gasteiger partial charge < -0.3 is 15.8 Å². The zero-order valence-electron chi connectivity index (χ0n) is 12.2. The zero-order valence-corrected chi connectivity index (χ0v) is 13.1. The summed E-state index contributed by atoms with van der Waals surface area (Å²) in [6, 6.07) is 0. The third-order valence-corrected chi connectivity index (χ3v) is 5.03. The Labute approximate surface area is 121 Å². The molecule has 19 heavy (non-hydrogen) atoms. The van der Waals surface area contributed by atoms with Crippen molar-refractivity contribution in [3.63, 3.8) is 0 Å². The first-order chi connectivity index (χ1) is 9.15. The van der Waals surface area contributed by atoms with Crippen molar-refractivity contribution in [3.05, 3.63) is 0 Å². The third-order valence-electron chi connectivity index (χ3n) is 3.96.